The highest BCUT2D eigenvalue weighted by Crippen LogP contribution is 2.05. The Labute approximate surface area is 104 Å². The van der Waals surface area contributed by atoms with E-state index in [0.717, 1.165) is 19.4 Å². The summed E-state index contributed by atoms with van der Waals surface area (Å²) in [6.07, 6.45) is 1.75. The molecule has 3 nitrogen and oxygen atoms in total. The summed E-state index contributed by atoms with van der Waals surface area (Å²) in [5.74, 6) is 0. The third-order valence-electron chi connectivity index (χ3n) is 2.75. The maximum Gasteiger partial charge on any atom is 0.0587 e. The zero-order valence-corrected chi connectivity index (χ0v) is 10.8. The summed E-state index contributed by atoms with van der Waals surface area (Å²) in [6, 6.07) is 10.3. The summed E-state index contributed by atoms with van der Waals surface area (Å²) in [6.45, 7) is 5.01. The molecule has 4 N–H and O–H groups in total. The quantitative estimate of drug-likeness (QED) is 0.669. The van der Waals surface area contributed by atoms with Crippen LogP contribution in [0.4, 0.5) is 0 Å². The summed E-state index contributed by atoms with van der Waals surface area (Å²) in [5.41, 5.74) is 7.00. The first kappa shape index (κ1) is 14.2. The Balaban J connectivity index is 2.34. The Morgan fingerprint density at radius 2 is 1.94 bits per heavy atom. The molecule has 0 radical (unpaired) electrons. The van der Waals surface area contributed by atoms with E-state index in [9.17, 15) is 5.11 Å². The largest absolute Gasteiger partial charge is 0.395 e. The maximum atomic E-state index is 9.32. The number of rotatable bonds is 7. The summed E-state index contributed by atoms with van der Waals surface area (Å²) in [4.78, 5) is 0. The van der Waals surface area contributed by atoms with Crippen LogP contribution in [-0.4, -0.2) is 29.8 Å². The molecule has 0 heterocycles. The lowest BCUT2D eigenvalue weighted by Crippen LogP contribution is -2.40. The van der Waals surface area contributed by atoms with E-state index >= 15 is 0 Å². The van der Waals surface area contributed by atoms with Gasteiger partial charge in [-0.3, -0.25) is 0 Å². The van der Waals surface area contributed by atoms with E-state index in [1.54, 1.807) is 0 Å². The van der Waals surface area contributed by atoms with Crippen LogP contribution in [-0.2, 0) is 6.42 Å². The van der Waals surface area contributed by atoms with Crippen molar-refractivity contribution >= 4 is 0 Å². The highest BCUT2D eigenvalue weighted by molar-refractivity contribution is 5.15. The number of hydrogen-bond donors (Lipinski definition) is 3. The molecule has 0 aromatic heterocycles. The molecule has 0 bridgehead atoms. The molecule has 0 spiro atoms. The molecule has 3 heteroatoms. The summed E-state index contributed by atoms with van der Waals surface area (Å²) in [5, 5.41) is 12.7. The zero-order chi connectivity index (χ0) is 12.7. The van der Waals surface area contributed by atoms with Crippen LogP contribution in [0.3, 0.4) is 0 Å². The molecule has 0 saturated heterocycles. The summed E-state index contributed by atoms with van der Waals surface area (Å²) >= 11 is 0. The highest BCUT2D eigenvalue weighted by Gasteiger charge is 2.12. The molecule has 0 aliphatic rings. The predicted molar refractivity (Wildman–Crippen MR) is 71.9 cm³/mol. The molecular formula is C14H24N2O. The van der Waals surface area contributed by atoms with Gasteiger partial charge >= 0.3 is 0 Å². The number of hydrogen-bond acceptors (Lipinski definition) is 3. The molecular weight excluding hydrogens is 212 g/mol. The van der Waals surface area contributed by atoms with Crippen LogP contribution in [0.25, 0.3) is 0 Å². The fraction of sp³-hybridized carbons (Fsp3) is 0.571. The van der Waals surface area contributed by atoms with Gasteiger partial charge in [-0.1, -0.05) is 30.3 Å². The average Bonchev–Trinajstić information content (AvgIpc) is 2.27. The van der Waals surface area contributed by atoms with Crippen molar-refractivity contribution in [1.29, 1.82) is 0 Å². The van der Waals surface area contributed by atoms with E-state index in [0.29, 0.717) is 0 Å². The second-order valence-corrected chi connectivity index (χ2v) is 5.26. The number of aliphatic hydroxyl groups excluding tert-OH is 1. The van der Waals surface area contributed by atoms with Gasteiger partial charge in [-0.15, -0.1) is 0 Å². The predicted octanol–water partition coefficient (Wildman–Crippen LogP) is 1.31. The lowest BCUT2D eigenvalue weighted by Gasteiger charge is -2.21. The SMILES string of the molecule is CC(C)(N)CCN[C@H](CO)Cc1ccccc1. The van der Waals surface area contributed by atoms with Gasteiger partial charge in [0.25, 0.3) is 0 Å². The Hall–Kier alpha value is -0.900. The van der Waals surface area contributed by atoms with Crippen LogP contribution in [0, 0.1) is 0 Å². The van der Waals surface area contributed by atoms with Crippen LogP contribution in [0.15, 0.2) is 30.3 Å². The fourth-order valence-corrected chi connectivity index (χ4v) is 1.70. The second-order valence-electron chi connectivity index (χ2n) is 5.26. The van der Waals surface area contributed by atoms with E-state index < -0.39 is 0 Å². The highest BCUT2D eigenvalue weighted by atomic mass is 16.3. The molecule has 0 fully saturated rings. The van der Waals surface area contributed by atoms with Crippen molar-refractivity contribution in [2.24, 2.45) is 5.73 Å². The van der Waals surface area contributed by atoms with Crippen LogP contribution >= 0.6 is 0 Å². The van der Waals surface area contributed by atoms with Crippen molar-refractivity contribution in [2.45, 2.75) is 38.3 Å². The van der Waals surface area contributed by atoms with E-state index in [1.165, 1.54) is 5.56 Å². The number of nitrogens with one attached hydrogen (secondary N) is 1. The first-order chi connectivity index (χ1) is 8.01. The minimum absolute atomic E-state index is 0.111. The van der Waals surface area contributed by atoms with Gasteiger partial charge in [0.2, 0.25) is 0 Å². The smallest absolute Gasteiger partial charge is 0.0587 e. The Morgan fingerprint density at radius 3 is 2.47 bits per heavy atom. The first-order valence-electron chi connectivity index (χ1n) is 6.18. The van der Waals surface area contributed by atoms with E-state index in [4.69, 9.17) is 5.73 Å². The van der Waals surface area contributed by atoms with E-state index in [1.807, 2.05) is 32.0 Å². The maximum absolute atomic E-state index is 9.32. The summed E-state index contributed by atoms with van der Waals surface area (Å²) < 4.78 is 0. The minimum Gasteiger partial charge on any atom is -0.395 e. The van der Waals surface area contributed by atoms with Crippen molar-refractivity contribution in [3.63, 3.8) is 0 Å². The molecule has 0 amide bonds. The third kappa shape index (κ3) is 6.41. The lowest BCUT2D eigenvalue weighted by molar-refractivity contribution is 0.238. The second kappa shape index (κ2) is 6.74. The van der Waals surface area contributed by atoms with Gasteiger partial charge in [0.05, 0.1) is 6.61 Å². The number of benzene rings is 1. The normalized spacial score (nSPS) is 13.6. The Morgan fingerprint density at radius 1 is 1.29 bits per heavy atom. The monoisotopic (exact) mass is 236 g/mol. The molecule has 1 aromatic carbocycles. The zero-order valence-electron chi connectivity index (χ0n) is 10.8. The van der Waals surface area contributed by atoms with Gasteiger partial charge in [0.1, 0.15) is 0 Å². The molecule has 0 saturated carbocycles. The third-order valence-corrected chi connectivity index (χ3v) is 2.75. The Kier molecular flexibility index (Phi) is 5.62. The minimum atomic E-state index is -0.153. The first-order valence-corrected chi connectivity index (χ1v) is 6.18. The molecule has 0 unspecified atom stereocenters. The van der Waals surface area contributed by atoms with Crippen molar-refractivity contribution in [1.82, 2.24) is 5.32 Å². The fourth-order valence-electron chi connectivity index (χ4n) is 1.70. The van der Waals surface area contributed by atoms with Gasteiger partial charge in [-0.2, -0.15) is 0 Å². The molecule has 1 atom stereocenters. The van der Waals surface area contributed by atoms with Gasteiger partial charge in [-0.05, 0) is 38.8 Å². The van der Waals surface area contributed by atoms with Gasteiger partial charge < -0.3 is 16.2 Å². The summed E-state index contributed by atoms with van der Waals surface area (Å²) in [7, 11) is 0. The van der Waals surface area contributed by atoms with Crippen LogP contribution < -0.4 is 11.1 Å². The topological polar surface area (TPSA) is 58.3 Å². The van der Waals surface area contributed by atoms with Crippen molar-refractivity contribution in [3.05, 3.63) is 35.9 Å². The van der Waals surface area contributed by atoms with Crippen LogP contribution in [0.5, 0.6) is 0 Å². The number of nitrogens with two attached hydrogens (primary N) is 1. The van der Waals surface area contributed by atoms with Crippen molar-refractivity contribution < 1.29 is 5.11 Å². The molecule has 96 valence electrons. The van der Waals surface area contributed by atoms with Crippen LogP contribution in [0.1, 0.15) is 25.8 Å². The van der Waals surface area contributed by atoms with Gasteiger partial charge in [-0.25, -0.2) is 0 Å². The van der Waals surface area contributed by atoms with Gasteiger partial charge in [0.15, 0.2) is 0 Å². The van der Waals surface area contributed by atoms with Crippen molar-refractivity contribution in [3.8, 4) is 0 Å². The molecule has 0 aliphatic heterocycles. The number of aliphatic hydroxyl groups is 1. The average molecular weight is 236 g/mol. The molecule has 1 aromatic rings. The van der Waals surface area contributed by atoms with Crippen molar-refractivity contribution in [2.75, 3.05) is 13.2 Å². The molecule has 17 heavy (non-hydrogen) atoms. The van der Waals surface area contributed by atoms with E-state index in [2.05, 4.69) is 17.4 Å². The van der Waals surface area contributed by atoms with Crippen LogP contribution in [0.2, 0.25) is 0 Å². The van der Waals surface area contributed by atoms with Gasteiger partial charge in [0, 0.05) is 11.6 Å². The van der Waals surface area contributed by atoms with E-state index in [-0.39, 0.29) is 18.2 Å². The Bertz CT molecular complexity index is 306. The standard InChI is InChI=1S/C14H24N2O/c1-14(2,15)8-9-16-13(11-17)10-12-6-4-3-5-7-12/h3-7,13,16-17H,8-11,15H2,1-2H3/t13-/m0/s1. The molecule has 1 rings (SSSR count). The lowest BCUT2D eigenvalue weighted by atomic mass is 10.0. The molecule has 0 aliphatic carbocycles.